The normalized spacial score (nSPS) is 12.8. The van der Waals surface area contributed by atoms with Crippen LogP contribution >= 0.6 is 0 Å². The van der Waals surface area contributed by atoms with Gasteiger partial charge in [-0.1, -0.05) is 25.1 Å². The van der Waals surface area contributed by atoms with Crippen LogP contribution in [0.2, 0.25) is 0 Å². The van der Waals surface area contributed by atoms with Crippen LogP contribution in [0.1, 0.15) is 32.7 Å². The molecule has 5 nitrogen and oxygen atoms in total. The summed E-state index contributed by atoms with van der Waals surface area (Å²) in [5, 5.41) is 3.91. The van der Waals surface area contributed by atoms with E-state index in [9.17, 15) is 4.39 Å². The molecule has 0 aliphatic heterocycles. The van der Waals surface area contributed by atoms with E-state index in [4.69, 9.17) is 15.0 Å². The number of anilines is 1. The second-order valence-corrected chi connectivity index (χ2v) is 4.78. The number of halogens is 1. The van der Waals surface area contributed by atoms with Gasteiger partial charge < -0.3 is 15.0 Å². The van der Waals surface area contributed by atoms with Gasteiger partial charge in [0.05, 0.1) is 11.3 Å². The lowest BCUT2D eigenvalue weighted by atomic mass is 10.1. The Morgan fingerprint density at radius 3 is 2.80 bits per heavy atom. The fraction of sp³-hybridized carbons (Fsp3) is 0.429. The number of nitrogen functional groups attached to an aromatic ring is 1. The first kappa shape index (κ1) is 14.5. The quantitative estimate of drug-likeness (QED) is 0.851. The van der Waals surface area contributed by atoms with Crippen molar-refractivity contribution in [2.75, 3.05) is 12.3 Å². The molecule has 0 aliphatic carbocycles. The van der Waals surface area contributed by atoms with Gasteiger partial charge >= 0.3 is 0 Å². The summed E-state index contributed by atoms with van der Waals surface area (Å²) in [5.74, 6) is 0.334. The highest BCUT2D eigenvalue weighted by Gasteiger charge is 2.23. The van der Waals surface area contributed by atoms with Crippen molar-refractivity contribution in [1.82, 2.24) is 10.1 Å². The highest BCUT2D eigenvalue weighted by molar-refractivity contribution is 5.70. The second kappa shape index (κ2) is 6.00. The number of nitrogens with two attached hydrogens (primary N) is 1. The summed E-state index contributed by atoms with van der Waals surface area (Å²) in [7, 11) is 0. The maximum absolute atomic E-state index is 13.4. The zero-order valence-electron chi connectivity index (χ0n) is 11.8. The Morgan fingerprint density at radius 1 is 1.40 bits per heavy atom. The van der Waals surface area contributed by atoms with Gasteiger partial charge in [-0.25, -0.2) is 4.39 Å². The zero-order valence-corrected chi connectivity index (χ0v) is 11.8. The van der Waals surface area contributed by atoms with Crippen LogP contribution in [0.5, 0.6) is 0 Å². The summed E-state index contributed by atoms with van der Waals surface area (Å²) in [6.45, 7) is 6.47. The van der Waals surface area contributed by atoms with Gasteiger partial charge in [0.1, 0.15) is 11.9 Å². The van der Waals surface area contributed by atoms with E-state index >= 15 is 0 Å². The molecule has 2 N–H and O–H groups in total. The molecule has 6 heteroatoms. The predicted octanol–water partition coefficient (Wildman–Crippen LogP) is 3.19. The first-order valence-electron chi connectivity index (χ1n) is 6.54. The van der Waals surface area contributed by atoms with Crippen LogP contribution in [0, 0.1) is 11.7 Å². The molecule has 2 aromatic rings. The summed E-state index contributed by atoms with van der Waals surface area (Å²) >= 11 is 0. The van der Waals surface area contributed by atoms with E-state index in [1.54, 1.807) is 12.1 Å². The average Bonchev–Trinajstić information content (AvgIpc) is 2.88. The molecule has 0 aliphatic rings. The van der Waals surface area contributed by atoms with Gasteiger partial charge in [0.15, 0.2) is 0 Å². The number of para-hydroxylation sites is 1. The van der Waals surface area contributed by atoms with Crippen LogP contribution in [-0.4, -0.2) is 16.7 Å². The predicted molar refractivity (Wildman–Crippen MR) is 73.3 cm³/mol. The molecule has 1 aromatic carbocycles. The van der Waals surface area contributed by atoms with Crippen LogP contribution in [0.15, 0.2) is 22.7 Å². The zero-order chi connectivity index (χ0) is 14.7. The van der Waals surface area contributed by atoms with Crippen molar-refractivity contribution < 1.29 is 13.7 Å². The Bertz CT molecular complexity index is 584. The van der Waals surface area contributed by atoms with Gasteiger partial charge in [-0.2, -0.15) is 4.98 Å². The number of nitrogens with zero attached hydrogens (tertiary/aromatic N) is 2. The van der Waals surface area contributed by atoms with Crippen LogP contribution in [0.3, 0.4) is 0 Å². The van der Waals surface area contributed by atoms with E-state index in [1.165, 1.54) is 6.07 Å². The highest BCUT2D eigenvalue weighted by Crippen LogP contribution is 2.29. The third-order valence-electron chi connectivity index (χ3n) is 2.93. The maximum atomic E-state index is 13.4. The monoisotopic (exact) mass is 279 g/mol. The van der Waals surface area contributed by atoms with E-state index < -0.39 is 5.82 Å². The van der Waals surface area contributed by atoms with Crippen molar-refractivity contribution in [3.05, 3.63) is 29.8 Å². The van der Waals surface area contributed by atoms with E-state index in [0.29, 0.717) is 18.0 Å². The molecular formula is C14H18FN3O2. The molecule has 1 unspecified atom stereocenters. The van der Waals surface area contributed by atoms with Crippen molar-refractivity contribution in [1.29, 1.82) is 0 Å². The topological polar surface area (TPSA) is 74.2 Å². The van der Waals surface area contributed by atoms with Crippen LogP contribution < -0.4 is 5.73 Å². The summed E-state index contributed by atoms with van der Waals surface area (Å²) < 4.78 is 24.2. The number of rotatable bonds is 5. The average molecular weight is 279 g/mol. The summed E-state index contributed by atoms with van der Waals surface area (Å²) in [5.41, 5.74) is 6.08. The third kappa shape index (κ3) is 2.80. The Labute approximate surface area is 116 Å². The summed E-state index contributed by atoms with van der Waals surface area (Å²) in [6, 6.07) is 4.47. The number of aromatic nitrogens is 2. The fourth-order valence-corrected chi connectivity index (χ4v) is 1.93. The second-order valence-electron chi connectivity index (χ2n) is 4.78. The Kier molecular flexibility index (Phi) is 4.34. The molecule has 0 radical (unpaired) electrons. The van der Waals surface area contributed by atoms with Gasteiger partial charge in [-0.15, -0.1) is 0 Å². The molecule has 0 fully saturated rings. The van der Waals surface area contributed by atoms with Crippen molar-refractivity contribution >= 4 is 5.69 Å². The van der Waals surface area contributed by atoms with E-state index in [-0.39, 0.29) is 23.6 Å². The van der Waals surface area contributed by atoms with Crippen molar-refractivity contribution in [3.8, 4) is 11.5 Å². The van der Waals surface area contributed by atoms with E-state index in [2.05, 4.69) is 10.1 Å². The summed E-state index contributed by atoms with van der Waals surface area (Å²) in [4.78, 5) is 4.27. The molecular weight excluding hydrogens is 261 g/mol. The lowest BCUT2D eigenvalue weighted by Gasteiger charge is -2.16. The molecule has 20 heavy (non-hydrogen) atoms. The molecule has 1 heterocycles. The molecule has 0 saturated heterocycles. The molecule has 0 spiro atoms. The minimum Gasteiger partial charge on any atom is -0.396 e. The third-order valence-corrected chi connectivity index (χ3v) is 2.93. The fourth-order valence-electron chi connectivity index (χ4n) is 1.93. The smallest absolute Gasteiger partial charge is 0.260 e. The number of ether oxygens (including phenoxy) is 1. The van der Waals surface area contributed by atoms with Crippen molar-refractivity contribution in [2.45, 2.75) is 26.9 Å². The molecule has 0 saturated carbocycles. The first-order chi connectivity index (χ1) is 9.54. The van der Waals surface area contributed by atoms with Gasteiger partial charge in [-0.05, 0) is 25.0 Å². The Morgan fingerprint density at radius 2 is 2.15 bits per heavy atom. The lowest BCUT2D eigenvalue weighted by Crippen LogP contribution is -2.12. The van der Waals surface area contributed by atoms with Gasteiger partial charge in [0.25, 0.3) is 5.89 Å². The van der Waals surface area contributed by atoms with Gasteiger partial charge in [0.2, 0.25) is 5.82 Å². The Hall–Kier alpha value is -1.95. The minimum atomic E-state index is -0.507. The minimum absolute atomic E-state index is 0.000192. The van der Waals surface area contributed by atoms with Crippen molar-refractivity contribution in [2.24, 2.45) is 5.92 Å². The standard InChI is InChI=1S/C14H18FN3O2/c1-4-19-12(8(2)3)13-17-14(20-18-13)9-6-5-7-10(15)11(9)16/h5-8,12H,4,16H2,1-3H3. The molecule has 108 valence electrons. The van der Waals surface area contributed by atoms with Gasteiger partial charge in [-0.3, -0.25) is 0 Å². The maximum Gasteiger partial charge on any atom is 0.260 e. The highest BCUT2D eigenvalue weighted by atomic mass is 19.1. The van der Waals surface area contributed by atoms with Crippen LogP contribution in [0.25, 0.3) is 11.5 Å². The largest absolute Gasteiger partial charge is 0.396 e. The van der Waals surface area contributed by atoms with Crippen LogP contribution in [0.4, 0.5) is 10.1 Å². The van der Waals surface area contributed by atoms with Crippen molar-refractivity contribution in [3.63, 3.8) is 0 Å². The molecule has 0 amide bonds. The Balaban J connectivity index is 2.35. The number of hydrogen-bond acceptors (Lipinski definition) is 5. The SMILES string of the molecule is CCOC(c1noc(-c2cccc(F)c2N)n1)C(C)C. The van der Waals surface area contributed by atoms with Crippen LogP contribution in [-0.2, 0) is 4.74 Å². The first-order valence-corrected chi connectivity index (χ1v) is 6.54. The van der Waals surface area contributed by atoms with E-state index in [0.717, 1.165) is 0 Å². The number of benzene rings is 1. The lowest BCUT2D eigenvalue weighted by molar-refractivity contribution is 0.0217. The van der Waals surface area contributed by atoms with E-state index in [1.807, 2.05) is 20.8 Å². The number of hydrogen-bond donors (Lipinski definition) is 1. The summed E-state index contributed by atoms with van der Waals surface area (Å²) in [6.07, 6.45) is -0.257. The molecule has 1 aromatic heterocycles. The van der Waals surface area contributed by atoms with Gasteiger partial charge in [0, 0.05) is 6.61 Å². The molecule has 0 bridgehead atoms. The molecule has 2 rings (SSSR count). The molecule has 1 atom stereocenters.